The molecule has 1 amide bonds. The molecule has 0 unspecified atom stereocenters. The van der Waals surface area contributed by atoms with Gasteiger partial charge in [0.2, 0.25) is 0 Å². The highest BCUT2D eigenvalue weighted by Crippen LogP contribution is 2.27. The number of fused-ring (bicyclic) bond motifs is 4. The average Bonchev–Trinajstić information content (AvgIpc) is 2.82. The summed E-state index contributed by atoms with van der Waals surface area (Å²) in [7, 11) is 1.77. The zero-order valence-electron chi connectivity index (χ0n) is 18.7. The minimum atomic E-state index is -0.277. The lowest BCUT2D eigenvalue weighted by Gasteiger charge is -2.38. The molecule has 1 fully saturated rings. The molecule has 1 saturated heterocycles. The first-order valence-electron chi connectivity index (χ1n) is 11.5. The van der Waals surface area contributed by atoms with Crippen LogP contribution in [0.4, 0.5) is 4.39 Å². The van der Waals surface area contributed by atoms with Gasteiger partial charge in [0.25, 0.3) is 5.91 Å². The quantitative estimate of drug-likeness (QED) is 0.726. The van der Waals surface area contributed by atoms with E-state index in [4.69, 9.17) is 9.47 Å². The van der Waals surface area contributed by atoms with Crippen LogP contribution in [0.2, 0.25) is 0 Å². The Hall–Kier alpha value is -2.51. The zero-order valence-corrected chi connectivity index (χ0v) is 18.7. The summed E-state index contributed by atoms with van der Waals surface area (Å²) in [5, 5.41) is 0. The van der Waals surface area contributed by atoms with Crippen LogP contribution in [0.15, 0.2) is 42.6 Å². The molecule has 32 heavy (non-hydrogen) atoms. The first-order valence-corrected chi connectivity index (χ1v) is 11.5. The summed E-state index contributed by atoms with van der Waals surface area (Å²) in [6.07, 6.45) is 5.69. The molecule has 3 heterocycles. The topological polar surface area (TPSA) is 54.9 Å². The molecule has 0 N–H and O–H groups in total. The average molecular weight is 442 g/mol. The SMILES string of the molecule is CO[C@@H]1CCN2C[C@@H]1CCCCN(Cc1ncccc1F)CCOc1cccc(c1)C2=O. The van der Waals surface area contributed by atoms with E-state index in [0.717, 1.165) is 32.2 Å². The van der Waals surface area contributed by atoms with Crippen LogP contribution in [-0.4, -0.2) is 66.7 Å². The van der Waals surface area contributed by atoms with Crippen molar-refractivity contribution in [2.75, 3.05) is 39.9 Å². The van der Waals surface area contributed by atoms with Crippen molar-refractivity contribution in [2.45, 2.75) is 38.3 Å². The molecular weight excluding hydrogens is 409 g/mol. The van der Waals surface area contributed by atoms with Gasteiger partial charge in [-0.25, -0.2) is 4.39 Å². The fourth-order valence-corrected chi connectivity index (χ4v) is 4.74. The molecule has 2 aromatic rings. The van der Waals surface area contributed by atoms with E-state index < -0.39 is 0 Å². The third-order valence-corrected chi connectivity index (χ3v) is 6.52. The standard InChI is InChI=1S/C25H32FN3O3/c1-31-24-10-13-29-17-20(24)6-2-3-12-28(18-23-22(26)9-5-11-27-23)14-15-32-21-8-4-7-19(16-21)25(29)30/h4-5,7-9,11,16,20,24H,2-3,6,10,12-15,17-18H2,1H3/t20-,24+/m0/s1. The zero-order chi connectivity index (χ0) is 22.3. The second-order valence-electron chi connectivity index (χ2n) is 8.65. The van der Waals surface area contributed by atoms with E-state index in [0.29, 0.717) is 55.7 Å². The van der Waals surface area contributed by atoms with E-state index in [2.05, 4.69) is 9.88 Å². The number of aromatic nitrogens is 1. The summed E-state index contributed by atoms with van der Waals surface area (Å²) >= 11 is 0. The van der Waals surface area contributed by atoms with Gasteiger partial charge in [-0.15, -0.1) is 0 Å². The number of benzene rings is 1. The number of hydrogen-bond acceptors (Lipinski definition) is 5. The largest absolute Gasteiger partial charge is 0.492 e. The Morgan fingerprint density at radius 2 is 2.06 bits per heavy atom. The van der Waals surface area contributed by atoms with Gasteiger partial charge in [0.05, 0.1) is 11.8 Å². The minimum Gasteiger partial charge on any atom is -0.492 e. The van der Waals surface area contributed by atoms with Gasteiger partial charge in [0.15, 0.2) is 0 Å². The van der Waals surface area contributed by atoms with Crippen molar-refractivity contribution in [1.29, 1.82) is 0 Å². The minimum absolute atomic E-state index is 0.0529. The first-order chi connectivity index (χ1) is 15.6. The molecule has 0 aliphatic carbocycles. The molecule has 172 valence electrons. The lowest BCUT2D eigenvalue weighted by atomic mass is 9.89. The number of pyridine rings is 1. The molecule has 6 nitrogen and oxygen atoms in total. The number of piperidine rings is 1. The Labute approximate surface area is 189 Å². The Morgan fingerprint density at radius 1 is 1.16 bits per heavy atom. The van der Waals surface area contributed by atoms with Crippen molar-refractivity contribution < 1.29 is 18.7 Å². The molecule has 7 heteroatoms. The maximum Gasteiger partial charge on any atom is 0.254 e. The second kappa shape index (κ2) is 10.9. The molecule has 2 aliphatic rings. The Balaban J connectivity index is 1.51. The lowest BCUT2D eigenvalue weighted by Crippen LogP contribution is -2.46. The summed E-state index contributed by atoms with van der Waals surface area (Å²) in [5.74, 6) is 0.778. The third-order valence-electron chi connectivity index (χ3n) is 6.52. The summed E-state index contributed by atoms with van der Waals surface area (Å²) in [6, 6.07) is 10.5. The number of nitrogens with zero attached hydrogens (tertiary/aromatic N) is 3. The van der Waals surface area contributed by atoms with Gasteiger partial charge in [0, 0.05) is 51.0 Å². The van der Waals surface area contributed by atoms with Gasteiger partial charge >= 0.3 is 0 Å². The van der Waals surface area contributed by atoms with Crippen LogP contribution < -0.4 is 4.74 Å². The second-order valence-corrected chi connectivity index (χ2v) is 8.65. The van der Waals surface area contributed by atoms with Crippen LogP contribution in [0, 0.1) is 11.7 Å². The normalized spacial score (nSPS) is 23.2. The van der Waals surface area contributed by atoms with Gasteiger partial charge in [-0.2, -0.15) is 0 Å². The van der Waals surface area contributed by atoms with Crippen LogP contribution in [-0.2, 0) is 11.3 Å². The van der Waals surface area contributed by atoms with E-state index in [1.807, 2.05) is 29.2 Å². The fourth-order valence-electron chi connectivity index (χ4n) is 4.74. The van der Waals surface area contributed by atoms with E-state index >= 15 is 0 Å². The highest BCUT2D eigenvalue weighted by Gasteiger charge is 2.31. The molecule has 0 saturated carbocycles. The smallest absolute Gasteiger partial charge is 0.254 e. The number of amides is 1. The first kappa shape index (κ1) is 22.7. The van der Waals surface area contributed by atoms with E-state index in [1.54, 1.807) is 19.4 Å². The number of carbonyl (C=O) groups is 1. The summed E-state index contributed by atoms with van der Waals surface area (Å²) in [4.78, 5) is 21.5. The van der Waals surface area contributed by atoms with Gasteiger partial charge in [-0.1, -0.05) is 12.5 Å². The third kappa shape index (κ3) is 5.64. The van der Waals surface area contributed by atoms with Gasteiger partial charge in [-0.05, 0) is 56.1 Å². The monoisotopic (exact) mass is 441 g/mol. The maximum absolute atomic E-state index is 14.2. The highest BCUT2D eigenvalue weighted by atomic mass is 19.1. The van der Waals surface area contributed by atoms with E-state index in [-0.39, 0.29) is 17.8 Å². The molecule has 1 aromatic carbocycles. The lowest BCUT2D eigenvalue weighted by molar-refractivity contribution is -0.00677. The van der Waals surface area contributed by atoms with Gasteiger partial charge in [-0.3, -0.25) is 14.7 Å². The van der Waals surface area contributed by atoms with Crippen LogP contribution in [0.5, 0.6) is 5.75 Å². The van der Waals surface area contributed by atoms with Gasteiger partial charge in [0.1, 0.15) is 18.2 Å². The summed E-state index contributed by atoms with van der Waals surface area (Å²) in [6.45, 7) is 3.83. The van der Waals surface area contributed by atoms with Crippen LogP contribution in [0.25, 0.3) is 0 Å². The number of halogens is 1. The Morgan fingerprint density at radius 3 is 2.91 bits per heavy atom. The Bertz CT molecular complexity index is 910. The number of rotatable bonds is 3. The van der Waals surface area contributed by atoms with Crippen molar-refractivity contribution >= 4 is 5.91 Å². The van der Waals surface area contributed by atoms with Crippen LogP contribution in [0.1, 0.15) is 41.7 Å². The predicted molar refractivity (Wildman–Crippen MR) is 120 cm³/mol. The van der Waals surface area contributed by atoms with Gasteiger partial charge < -0.3 is 14.4 Å². The molecule has 4 bridgehead atoms. The fraction of sp³-hybridized carbons (Fsp3) is 0.520. The molecule has 0 spiro atoms. The molecule has 2 aliphatic heterocycles. The number of carbonyl (C=O) groups excluding carboxylic acids is 1. The number of ether oxygens (including phenoxy) is 2. The van der Waals surface area contributed by atoms with Crippen molar-refractivity contribution in [3.05, 3.63) is 59.7 Å². The van der Waals surface area contributed by atoms with Crippen molar-refractivity contribution in [1.82, 2.24) is 14.8 Å². The molecule has 4 rings (SSSR count). The Kier molecular flexibility index (Phi) is 7.71. The highest BCUT2D eigenvalue weighted by molar-refractivity contribution is 5.94. The molecule has 1 aromatic heterocycles. The molecule has 0 radical (unpaired) electrons. The van der Waals surface area contributed by atoms with Crippen molar-refractivity contribution in [3.63, 3.8) is 0 Å². The number of methoxy groups -OCH3 is 1. The number of hydrogen-bond donors (Lipinski definition) is 0. The predicted octanol–water partition coefficient (Wildman–Crippen LogP) is 3.76. The van der Waals surface area contributed by atoms with Crippen molar-refractivity contribution in [2.24, 2.45) is 5.92 Å². The van der Waals surface area contributed by atoms with E-state index in [9.17, 15) is 9.18 Å². The van der Waals surface area contributed by atoms with E-state index in [1.165, 1.54) is 6.07 Å². The van der Waals surface area contributed by atoms with Crippen molar-refractivity contribution in [3.8, 4) is 5.75 Å². The van der Waals surface area contributed by atoms with Crippen LogP contribution >= 0.6 is 0 Å². The molecule has 2 atom stereocenters. The summed E-state index contributed by atoms with van der Waals surface area (Å²) < 4.78 is 25.9. The maximum atomic E-state index is 14.2. The van der Waals surface area contributed by atoms with Crippen LogP contribution in [0.3, 0.4) is 0 Å². The molecular formula is C25H32FN3O3. The summed E-state index contributed by atoms with van der Waals surface area (Å²) in [5.41, 5.74) is 1.11.